The van der Waals surface area contributed by atoms with Crippen LogP contribution >= 0.6 is 11.6 Å². The smallest absolute Gasteiger partial charge is 0.322 e. The highest BCUT2D eigenvalue weighted by atomic mass is 35.5. The molecule has 0 saturated carbocycles. The quantitative estimate of drug-likeness (QED) is 0.508. The van der Waals surface area contributed by atoms with Crippen molar-refractivity contribution in [3.63, 3.8) is 0 Å². The van der Waals surface area contributed by atoms with Crippen LogP contribution in [0.5, 0.6) is 0 Å². The number of hydrogen-bond acceptors (Lipinski definition) is 3. The van der Waals surface area contributed by atoms with Crippen LogP contribution in [0.3, 0.4) is 0 Å². The van der Waals surface area contributed by atoms with Crippen molar-refractivity contribution in [1.29, 1.82) is 0 Å². The van der Waals surface area contributed by atoms with Crippen LogP contribution in [0.15, 0.2) is 53.5 Å². The summed E-state index contributed by atoms with van der Waals surface area (Å²) in [6.45, 7) is 5.25. The molecule has 1 aromatic heterocycles. The van der Waals surface area contributed by atoms with Crippen LogP contribution in [-0.4, -0.2) is 46.4 Å². The van der Waals surface area contributed by atoms with Gasteiger partial charge in [-0.25, -0.2) is 9.18 Å². The molecule has 4 rings (SSSR count). The number of aromatic amines is 1. The van der Waals surface area contributed by atoms with E-state index in [-0.39, 0.29) is 34.5 Å². The molecule has 2 N–H and O–H groups in total. The summed E-state index contributed by atoms with van der Waals surface area (Å²) in [7, 11) is 0. The van der Waals surface area contributed by atoms with Crippen LogP contribution in [0.2, 0.25) is 5.02 Å². The topological polar surface area (TPSA) is 85.5 Å². The van der Waals surface area contributed by atoms with Gasteiger partial charge in [0.25, 0.3) is 5.56 Å². The first kappa shape index (κ1) is 24.7. The minimum Gasteiger partial charge on any atom is -0.343 e. The van der Waals surface area contributed by atoms with Gasteiger partial charge in [0.15, 0.2) is 0 Å². The molecule has 0 radical (unpaired) electrons. The third-order valence-corrected chi connectivity index (χ3v) is 7.00. The van der Waals surface area contributed by atoms with Crippen molar-refractivity contribution in [3.05, 3.63) is 75.4 Å². The predicted molar refractivity (Wildman–Crippen MR) is 135 cm³/mol. The zero-order valence-corrected chi connectivity index (χ0v) is 20.4. The average Bonchev–Trinajstić information content (AvgIpc) is 2.85. The number of nitrogens with one attached hydrogen (secondary N) is 2. The summed E-state index contributed by atoms with van der Waals surface area (Å²) >= 11 is 5.90. The van der Waals surface area contributed by atoms with Crippen LogP contribution in [0.1, 0.15) is 38.3 Å². The lowest BCUT2D eigenvalue weighted by Gasteiger charge is -2.37. The molecule has 2 heterocycles. The van der Waals surface area contributed by atoms with Gasteiger partial charge >= 0.3 is 6.03 Å². The zero-order chi connectivity index (χ0) is 25.1. The lowest BCUT2D eigenvalue weighted by molar-refractivity contribution is -0.130. The second-order valence-corrected chi connectivity index (χ2v) is 9.36. The fourth-order valence-electron chi connectivity index (χ4n) is 4.64. The Hall–Kier alpha value is -3.39. The van der Waals surface area contributed by atoms with E-state index < -0.39 is 5.82 Å². The zero-order valence-electron chi connectivity index (χ0n) is 19.7. The summed E-state index contributed by atoms with van der Waals surface area (Å²) in [5.41, 5.74) is 1.01. The molecule has 0 bridgehead atoms. The highest BCUT2D eigenvalue weighted by molar-refractivity contribution is 6.31. The van der Waals surface area contributed by atoms with Gasteiger partial charge < -0.3 is 20.1 Å². The van der Waals surface area contributed by atoms with Gasteiger partial charge in [-0.2, -0.15) is 0 Å². The molecule has 3 aromatic rings. The van der Waals surface area contributed by atoms with E-state index in [0.29, 0.717) is 30.7 Å². The number of aromatic nitrogens is 1. The number of fused-ring (bicyclic) bond motifs is 1. The Morgan fingerprint density at radius 2 is 1.89 bits per heavy atom. The van der Waals surface area contributed by atoms with Crippen molar-refractivity contribution in [2.75, 3.05) is 25.0 Å². The highest BCUT2D eigenvalue weighted by Crippen LogP contribution is 2.30. The summed E-state index contributed by atoms with van der Waals surface area (Å²) in [5, 5.41) is 4.09. The summed E-state index contributed by atoms with van der Waals surface area (Å²) < 4.78 is 13.6. The molecule has 1 atom stereocenters. The number of benzene rings is 2. The third kappa shape index (κ3) is 5.48. The standard InChI is InChI=1S/C26H28ClFN4O3/c1-16(22-14-29-25(34)21-6-4-3-5-20(21)22)32(15-18-9-11-31(12-10-18)17(2)33)26(35)30-19-7-8-24(28)23(27)13-19/h3-8,13-14,16,18H,9-12,15H2,1-2H3,(H,29,34)(H,30,35). The van der Waals surface area contributed by atoms with E-state index in [1.54, 1.807) is 30.2 Å². The van der Waals surface area contributed by atoms with Gasteiger partial charge in [-0.05, 0) is 60.9 Å². The molecule has 1 aliphatic heterocycles. The van der Waals surface area contributed by atoms with Crippen LogP contribution < -0.4 is 10.9 Å². The van der Waals surface area contributed by atoms with Crippen molar-refractivity contribution in [3.8, 4) is 0 Å². The maximum Gasteiger partial charge on any atom is 0.322 e. The van der Waals surface area contributed by atoms with Crippen molar-refractivity contribution in [2.45, 2.75) is 32.7 Å². The number of likely N-dealkylation sites (tertiary alicyclic amines) is 1. The van der Waals surface area contributed by atoms with Crippen molar-refractivity contribution in [1.82, 2.24) is 14.8 Å². The monoisotopic (exact) mass is 498 g/mol. The number of pyridine rings is 1. The molecule has 0 spiro atoms. The molecule has 2 aromatic carbocycles. The Balaban J connectivity index is 1.63. The van der Waals surface area contributed by atoms with E-state index in [4.69, 9.17) is 11.6 Å². The van der Waals surface area contributed by atoms with Crippen LogP contribution in [0.25, 0.3) is 10.8 Å². The number of H-pyrrole nitrogens is 1. The van der Waals surface area contributed by atoms with E-state index >= 15 is 0 Å². The van der Waals surface area contributed by atoms with Crippen molar-refractivity contribution < 1.29 is 14.0 Å². The fourth-order valence-corrected chi connectivity index (χ4v) is 4.82. The average molecular weight is 499 g/mol. The van der Waals surface area contributed by atoms with Crippen LogP contribution in [0, 0.1) is 11.7 Å². The van der Waals surface area contributed by atoms with E-state index in [1.807, 2.05) is 24.0 Å². The SMILES string of the molecule is CC(=O)N1CCC(CN(C(=O)Nc2ccc(F)c(Cl)c2)C(C)c2c[nH]c(=O)c3ccccc23)CC1. The molecule has 9 heteroatoms. The molecule has 1 saturated heterocycles. The van der Waals surface area contributed by atoms with Gasteiger partial charge in [0.1, 0.15) is 5.82 Å². The number of halogens is 2. The number of carbonyl (C=O) groups excluding carboxylic acids is 2. The maximum absolute atomic E-state index is 13.6. The first-order valence-electron chi connectivity index (χ1n) is 11.6. The fraction of sp³-hybridized carbons (Fsp3) is 0.346. The predicted octanol–water partition coefficient (Wildman–Crippen LogP) is 5.17. The maximum atomic E-state index is 13.6. The summed E-state index contributed by atoms with van der Waals surface area (Å²) in [5.74, 6) is -0.309. The highest BCUT2D eigenvalue weighted by Gasteiger charge is 2.29. The molecule has 3 amide bonds. The minimum absolute atomic E-state index is 0.0549. The number of piperidine rings is 1. The number of hydrogen-bond donors (Lipinski definition) is 2. The molecular weight excluding hydrogens is 471 g/mol. The molecule has 1 unspecified atom stereocenters. The minimum atomic E-state index is -0.563. The van der Waals surface area contributed by atoms with Gasteiger partial charge in [0, 0.05) is 43.8 Å². The van der Waals surface area contributed by atoms with Crippen LogP contribution in [0.4, 0.5) is 14.9 Å². The van der Waals surface area contributed by atoms with Gasteiger partial charge in [0.2, 0.25) is 5.91 Å². The first-order chi connectivity index (χ1) is 16.7. The van der Waals surface area contributed by atoms with Crippen LogP contribution in [-0.2, 0) is 4.79 Å². The summed E-state index contributed by atoms with van der Waals surface area (Å²) in [4.78, 5) is 43.9. The Labute approximate surface area is 207 Å². The Bertz CT molecular complexity index is 1300. The number of nitrogens with zero attached hydrogens (tertiary/aromatic N) is 2. The lowest BCUT2D eigenvalue weighted by Crippen LogP contribution is -2.44. The van der Waals surface area contributed by atoms with E-state index in [2.05, 4.69) is 10.3 Å². The first-order valence-corrected chi connectivity index (χ1v) is 12.0. The number of anilines is 1. The number of carbonyl (C=O) groups is 2. The summed E-state index contributed by atoms with van der Waals surface area (Å²) in [6.07, 6.45) is 3.22. The Morgan fingerprint density at radius 1 is 1.20 bits per heavy atom. The van der Waals surface area contributed by atoms with Crippen molar-refractivity contribution in [2.24, 2.45) is 5.92 Å². The normalized spacial score (nSPS) is 15.1. The van der Waals surface area contributed by atoms with Gasteiger partial charge in [-0.1, -0.05) is 29.8 Å². The molecule has 1 aliphatic rings. The van der Waals surface area contributed by atoms with Gasteiger partial charge in [-0.3, -0.25) is 9.59 Å². The largest absolute Gasteiger partial charge is 0.343 e. The lowest BCUT2D eigenvalue weighted by atomic mass is 9.94. The van der Waals surface area contributed by atoms with Gasteiger partial charge in [0.05, 0.1) is 11.1 Å². The Kier molecular flexibility index (Phi) is 7.40. The van der Waals surface area contributed by atoms with E-state index in [1.165, 1.54) is 18.2 Å². The molecule has 35 heavy (non-hydrogen) atoms. The van der Waals surface area contributed by atoms with E-state index in [0.717, 1.165) is 23.8 Å². The number of amides is 3. The molecular formula is C26H28ClFN4O3. The third-order valence-electron chi connectivity index (χ3n) is 6.71. The van der Waals surface area contributed by atoms with Gasteiger partial charge in [-0.15, -0.1) is 0 Å². The molecule has 0 aliphatic carbocycles. The molecule has 1 fully saturated rings. The second-order valence-electron chi connectivity index (χ2n) is 8.96. The summed E-state index contributed by atoms with van der Waals surface area (Å²) in [6, 6.07) is 10.6. The Morgan fingerprint density at radius 3 is 2.54 bits per heavy atom. The van der Waals surface area contributed by atoms with E-state index in [9.17, 15) is 18.8 Å². The molecule has 184 valence electrons. The van der Waals surface area contributed by atoms with Crippen molar-refractivity contribution >= 4 is 40.0 Å². The molecule has 7 nitrogen and oxygen atoms in total. The second kappa shape index (κ2) is 10.5. The number of urea groups is 1. The number of rotatable bonds is 5.